The van der Waals surface area contributed by atoms with Gasteiger partial charge < -0.3 is 0 Å². The Morgan fingerprint density at radius 1 is 1.71 bits per heavy atom. The van der Waals surface area contributed by atoms with E-state index >= 15 is 0 Å². The summed E-state index contributed by atoms with van der Waals surface area (Å²) >= 11 is 1.72. The molecular formula is C5H5SY+2. The van der Waals surface area contributed by atoms with Crippen molar-refractivity contribution >= 4 is 11.3 Å². The Morgan fingerprint density at radius 3 is 2.57 bits per heavy atom. The summed E-state index contributed by atoms with van der Waals surface area (Å²) in [5.74, 6) is 0. The van der Waals surface area contributed by atoms with Gasteiger partial charge in [-0.25, -0.2) is 12.1 Å². The van der Waals surface area contributed by atoms with Crippen molar-refractivity contribution in [1.82, 2.24) is 0 Å². The summed E-state index contributed by atoms with van der Waals surface area (Å²) in [7, 11) is 0. The van der Waals surface area contributed by atoms with Crippen molar-refractivity contribution in [2.75, 3.05) is 0 Å². The number of rotatable bonds is 0. The van der Waals surface area contributed by atoms with Crippen LogP contribution in [0.2, 0.25) is 0 Å². The van der Waals surface area contributed by atoms with Crippen LogP contribution in [0.1, 0.15) is 4.88 Å². The average Bonchev–Trinajstić information content (AvgIpc) is 1.86. The molecule has 1 aromatic rings. The molecule has 32 valence electrons. The number of aryl methyl sites for hydroxylation is 1. The standard InChI is InChI=1S/C5H5S.Y/c1-5-3-2-4-6-5;/h2,4H,1H3;/q-1;+3. The van der Waals surface area contributed by atoms with Crippen molar-refractivity contribution in [3.63, 3.8) is 0 Å². The van der Waals surface area contributed by atoms with E-state index < -0.39 is 0 Å². The van der Waals surface area contributed by atoms with Gasteiger partial charge in [0.15, 0.2) is 0 Å². The van der Waals surface area contributed by atoms with Gasteiger partial charge in [-0.2, -0.15) is 5.38 Å². The second kappa shape index (κ2) is 3.76. The maximum absolute atomic E-state index is 3.02. The number of thiophene rings is 1. The predicted octanol–water partition coefficient (Wildman–Crippen LogP) is 1.85. The fourth-order valence-electron chi connectivity index (χ4n) is 0.321. The smallest absolute Gasteiger partial charge is 0.270 e. The summed E-state index contributed by atoms with van der Waals surface area (Å²) in [6, 6.07) is 4.95. The van der Waals surface area contributed by atoms with Crippen molar-refractivity contribution in [3.05, 3.63) is 22.4 Å². The molecule has 1 heterocycles. The van der Waals surface area contributed by atoms with Gasteiger partial charge in [0.1, 0.15) is 0 Å². The molecule has 0 aliphatic heterocycles. The van der Waals surface area contributed by atoms with E-state index in [1.54, 1.807) is 11.3 Å². The molecule has 0 nitrogen and oxygen atoms in total. The molecule has 0 N–H and O–H groups in total. The van der Waals surface area contributed by atoms with Crippen molar-refractivity contribution in [1.29, 1.82) is 0 Å². The molecule has 1 aromatic heterocycles. The fourth-order valence-corrected chi connectivity index (χ4v) is 0.798. The summed E-state index contributed by atoms with van der Waals surface area (Å²) < 4.78 is 0. The zero-order valence-electron chi connectivity index (χ0n) is 4.14. The zero-order valence-corrected chi connectivity index (χ0v) is 7.80. The van der Waals surface area contributed by atoms with Crippen molar-refractivity contribution in [2.24, 2.45) is 0 Å². The van der Waals surface area contributed by atoms with Crippen molar-refractivity contribution < 1.29 is 32.7 Å². The second-order valence-corrected chi connectivity index (χ2v) is 2.24. The van der Waals surface area contributed by atoms with E-state index in [1.807, 2.05) is 18.4 Å². The third-order valence-corrected chi connectivity index (χ3v) is 1.34. The number of hydrogen-bond acceptors (Lipinski definition) is 1. The van der Waals surface area contributed by atoms with E-state index in [1.165, 1.54) is 4.88 Å². The summed E-state index contributed by atoms with van der Waals surface area (Å²) in [6.45, 7) is 2.05. The summed E-state index contributed by atoms with van der Waals surface area (Å²) in [4.78, 5) is 1.26. The second-order valence-electron chi connectivity index (χ2n) is 1.12. The van der Waals surface area contributed by atoms with Gasteiger partial charge in [-0.05, 0) is 6.92 Å². The molecule has 0 radical (unpaired) electrons. The van der Waals surface area contributed by atoms with Crippen LogP contribution in [0, 0.1) is 13.0 Å². The molecule has 2 heteroatoms. The largest absolute Gasteiger partial charge is 3.00 e. The summed E-state index contributed by atoms with van der Waals surface area (Å²) in [6.07, 6.45) is 0. The first-order valence-electron chi connectivity index (χ1n) is 1.81. The Balaban J connectivity index is 0.000000360. The minimum atomic E-state index is 0. The van der Waals surface area contributed by atoms with Crippen molar-refractivity contribution in [2.45, 2.75) is 6.92 Å². The van der Waals surface area contributed by atoms with Crippen LogP contribution >= 0.6 is 11.3 Å². The molecule has 0 aliphatic carbocycles. The van der Waals surface area contributed by atoms with Gasteiger partial charge in [0, 0.05) is 0 Å². The van der Waals surface area contributed by atoms with Gasteiger partial charge >= 0.3 is 32.7 Å². The topological polar surface area (TPSA) is 0 Å². The van der Waals surface area contributed by atoms with E-state index in [0.717, 1.165) is 0 Å². The molecule has 0 atom stereocenters. The Hall–Kier alpha value is 0.804. The molecule has 0 saturated heterocycles. The van der Waals surface area contributed by atoms with Gasteiger partial charge in [0.2, 0.25) is 0 Å². The van der Waals surface area contributed by atoms with Crippen molar-refractivity contribution in [3.8, 4) is 0 Å². The minimum absolute atomic E-state index is 0. The Kier molecular flexibility index (Phi) is 4.20. The summed E-state index contributed by atoms with van der Waals surface area (Å²) in [5.41, 5.74) is 0. The molecule has 7 heavy (non-hydrogen) atoms. The Morgan fingerprint density at radius 2 is 2.43 bits per heavy atom. The van der Waals surface area contributed by atoms with Crippen LogP contribution in [-0.2, 0) is 32.7 Å². The molecule has 0 fully saturated rings. The Bertz CT molecular complexity index is 112. The van der Waals surface area contributed by atoms with E-state index in [9.17, 15) is 0 Å². The maximum atomic E-state index is 3.02. The van der Waals surface area contributed by atoms with E-state index in [4.69, 9.17) is 0 Å². The van der Waals surface area contributed by atoms with Crippen LogP contribution in [0.5, 0.6) is 0 Å². The molecule has 0 aliphatic rings. The quantitative estimate of drug-likeness (QED) is 0.542. The first-order valence-corrected chi connectivity index (χ1v) is 2.69. The summed E-state index contributed by atoms with van der Waals surface area (Å²) in [5, 5.41) is 2.02. The molecule has 0 unspecified atom stereocenters. The molecule has 0 spiro atoms. The van der Waals surface area contributed by atoms with Gasteiger partial charge in [0.25, 0.3) is 0 Å². The normalized spacial score (nSPS) is 7.57. The van der Waals surface area contributed by atoms with E-state index in [2.05, 4.69) is 6.07 Å². The molecule has 0 amide bonds. The fraction of sp³-hybridized carbons (Fsp3) is 0.200. The van der Waals surface area contributed by atoms with Crippen LogP contribution < -0.4 is 0 Å². The molecule has 0 bridgehead atoms. The zero-order chi connectivity index (χ0) is 4.41. The first-order chi connectivity index (χ1) is 2.89. The van der Waals surface area contributed by atoms with Crippen LogP contribution in [0.25, 0.3) is 0 Å². The average molecular weight is 186 g/mol. The maximum Gasteiger partial charge on any atom is 3.00 e. The molecule has 1 rings (SSSR count). The van der Waals surface area contributed by atoms with Gasteiger partial charge in [-0.3, -0.25) is 11.3 Å². The van der Waals surface area contributed by atoms with Gasteiger partial charge in [-0.1, -0.05) is 0 Å². The molecule has 0 saturated carbocycles. The monoisotopic (exact) mass is 186 g/mol. The SMILES string of the molecule is Cc1[c-]ccs1.[Y+3]. The van der Waals surface area contributed by atoms with E-state index in [0.29, 0.717) is 0 Å². The van der Waals surface area contributed by atoms with Crippen LogP contribution in [-0.4, -0.2) is 0 Å². The van der Waals surface area contributed by atoms with Gasteiger partial charge in [0.05, 0.1) is 0 Å². The Labute approximate surface area is 72.8 Å². The minimum Gasteiger partial charge on any atom is -0.270 e. The predicted molar refractivity (Wildman–Crippen MR) is 27.9 cm³/mol. The van der Waals surface area contributed by atoms with Crippen LogP contribution in [0.3, 0.4) is 0 Å². The van der Waals surface area contributed by atoms with Gasteiger partial charge in [-0.15, -0.1) is 4.88 Å². The third kappa shape index (κ3) is 2.58. The third-order valence-electron chi connectivity index (χ3n) is 0.599. The first kappa shape index (κ1) is 7.80. The van der Waals surface area contributed by atoms with Crippen LogP contribution in [0.4, 0.5) is 0 Å². The molecule has 0 aromatic carbocycles. The molecular weight excluding hydrogens is 181 g/mol. The van der Waals surface area contributed by atoms with E-state index in [-0.39, 0.29) is 32.7 Å². The van der Waals surface area contributed by atoms with Crippen LogP contribution in [0.15, 0.2) is 11.4 Å². The number of hydrogen-bond donors (Lipinski definition) is 0.